The summed E-state index contributed by atoms with van der Waals surface area (Å²) in [5, 5.41) is 0. The molecule has 2 amide bonds. The number of rotatable bonds is 7. The number of nitrogens with one attached hydrogen (secondary N) is 2. The fraction of sp³-hybridized carbons (Fsp3) is 0.0909. The first kappa shape index (κ1) is 20.8. The van der Waals surface area contributed by atoms with Gasteiger partial charge < -0.3 is 9.47 Å². The zero-order chi connectivity index (χ0) is 21.3. The summed E-state index contributed by atoms with van der Waals surface area (Å²) in [6, 6.07) is 18.1. The van der Waals surface area contributed by atoms with Gasteiger partial charge in [0.25, 0.3) is 11.8 Å². The third kappa shape index (κ3) is 5.54. The van der Waals surface area contributed by atoms with Crippen LogP contribution in [-0.4, -0.2) is 25.0 Å². The fourth-order valence-corrected chi connectivity index (χ4v) is 2.53. The van der Waals surface area contributed by atoms with Crippen LogP contribution < -0.4 is 20.3 Å². The van der Waals surface area contributed by atoms with Crippen molar-refractivity contribution in [1.29, 1.82) is 0 Å². The van der Waals surface area contributed by atoms with Crippen molar-refractivity contribution in [3.8, 4) is 11.5 Å². The van der Waals surface area contributed by atoms with Gasteiger partial charge in [-0.3, -0.25) is 20.4 Å². The number of amides is 2. The summed E-state index contributed by atoms with van der Waals surface area (Å²) in [4.78, 5) is 24.4. The topological polar surface area (TPSA) is 76.7 Å². The first-order chi connectivity index (χ1) is 14.5. The predicted octanol–water partition coefficient (Wildman–Crippen LogP) is 3.50. The minimum Gasteiger partial charge on any atom is -0.490 e. The zero-order valence-electron chi connectivity index (χ0n) is 15.7. The average Bonchev–Trinajstić information content (AvgIpc) is 2.76. The molecule has 154 valence electrons. The lowest BCUT2D eigenvalue weighted by Crippen LogP contribution is -2.42. The monoisotopic (exact) mass is 412 g/mol. The van der Waals surface area contributed by atoms with Crippen molar-refractivity contribution in [1.82, 2.24) is 10.9 Å². The Morgan fingerprint density at radius 2 is 1.37 bits per heavy atom. The van der Waals surface area contributed by atoms with E-state index in [1.165, 1.54) is 6.07 Å². The van der Waals surface area contributed by atoms with Crippen LogP contribution in [0.5, 0.6) is 11.5 Å². The molecular formula is C22H18F2N2O4. The Bertz CT molecular complexity index is 1030. The average molecular weight is 412 g/mol. The first-order valence-electron chi connectivity index (χ1n) is 9.00. The Morgan fingerprint density at radius 3 is 2.10 bits per heavy atom. The molecule has 0 aliphatic heterocycles. The molecule has 30 heavy (non-hydrogen) atoms. The fourth-order valence-electron chi connectivity index (χ4n) is 2.53. The van der Waals surface area contributed by atoms with Crippen molar-refractivity contribution >= 4 is 11.8 Å². The number of carbonyl (C=O) groups excluding carboxylic acids is 2. The van der Waals surface area contributed by atoms with E-state index in [0.717, 1.165) is 12.1 Å². The molecule has 3 rings (SSSR count). The van der Waals surface area contributed by atoms with Gasteiger partial charge in [0.05, 0.1) is 11.1 Å². The number of benzene rings is 3. The number of carbonyl (C=O) groups is 2. The maximum Gasteiger partial charge on any atom is 0.273 e. The molecule has 3 aromatic carbocycles. The van der Waals surface area contributed by atoms with Crippen LogP contribution in [0, 0.1) is 11.6 Å². The molecule has 0 saturated heterocycles. The van der Waals surface area contributed by atoms with Crippen molar-refractivity contribution in [2.45, 2.75) is 0 Å². The molecule has 0 aliphatic carbocycles. The maximum absolute atomic E-state index is 13.7. The molecule has 0 radical (unpaired) electrons. The predicted molar refractivity (Wildman–Crippen MR) is 105 cm³/mol. The first-order valence-corrected chi connectivity index (χ1v) is 9.00. The van der Waals surface area contributed by atoms with Gasteiger partial charge in [-0.25, -0.2) is 8.78 Å². The molecule has 0 bridgehead atoms. The standard InChI is InChI=1S/C22H18F2N2O4/c23-15-10-11-17(19(24)14-15)21(27)25-26-22(28)18-8-4-5-9-20(18)30-13-12-29-16-6-2-1-3-7-16/h1-11,14H,12-13H2,(H,25,27)(H,26,28). The van der Waals surface area contributed by atoms with Gasteiger partial charge >= 0.3 is 0 Å². The van der Waals surface area contributed by atoms with E-state index in [4.69, 9.17) is 9.47 Å². The van der Waals surface area contributed by atoms with Crippen LogP contribution in [-0.2, 0) is 0 Å². The number of hydrogen-bond acceptors (Lipinski definition) is 4. The molecule has 8 heteroatoms. The van der Waals surface area contributed by atoms with E-state index >= 15 is 0 Å². The normalized spacial score (nSPS) is 10.2. The largest absolute Gasteiger partial charge is 0.490 e. The van der Waals surface area contributed by atoms with Gasteiger partial charge in [0.15, 0.2) is 0 Å². The maximum atomic E-state index is 13.7. The smallest absolute Gasteiger partial charge is 0.273 e. The van der Waals surface area contributed by atoms with Crippen molar-refractivity contribution in [2.75, 3.05) is 13.2 Å². The lowest BCUT2D eigenvalue weighted by atomic mass is 10.2. The molecule has 0 fully saturated rings. The second-order valence-electron chi connectivity index (χ2n) is 6.04. The molecule has 0 atom stereocenters. The Morgan fingerprint density at radius 1 is 0.733 bits per heavy atom. The van der Waals surface area contributed by atoms with Gasteiger partial charge in [-0.15, -0.1) is 0 Å². The molecule has 0 aliphatic rings. The van der Waals surface area contributed by atoms with Gasteiger partial charge in [0.1, 0.15) is 36.3 Å². The SMILES string of the molecule is O=C(NNC(=O)c1ccccc1OCCOc1ccccc1)c1ccc(F)cc1F. The van der Waals surface area contributed by atoms with Crippen LogP contribution in [0.15, 0.2) is 72.8 Å². The minimum absolute atomic E-state index is 0.164. The van der Waals surface area contributed by atoms with Crippen molar-refractivity contribution < 1.29 is 27.8 Å². The molecule has 0 heterocycles. The number of para-hydroxylation sites is 2. The molecule has 2 N–H and O–H groups in total. The van der Waals surface area contributed by atoms with Crippen LogP contribution in [0.3, 0.4) is 0 Å². The van der Waals surface area contributed by atoms with Crippen molar-refractivity contribution in [2.24, 2.45) is 0 Å². The number of hydrazine groups is 1. The summed E-state index contributed by atoms with van der Waals surface area (Å²) < 4.78 is 37.7. The van der Waals surface area contributed by atoms with Gasteiger partial charge in [0, 0.05) is 6.07 Å². The van der Waals surface area contributed by atoms with E-state index in [9.17, 15) is 18.4 Å². The highest BCUT2D eigenvalue weighted by Gasteiger charge is 2.16. The molecule has 6 nitrogen and oxygen atoms in total. The molecule has 0 unspecified atom stereocenters. The Labute approximate surface area is 171 Å². The highest BCUT2D eigenvalue weighted by atomic mass is 19.1. The van der Waals surface area contributed by atoms with E-state index in [0.29, 0.717) is 11.8 Å². The highest BCUT2D eigenvalue weighted by molar-refractivity contribution is 6.00. The highest BCUT2D eigenvalue weighted by Crippen LogP contribution is 2.18. The van der Waals surface area contributed by atoms with Crippen LogP contribution in [0.1, 0.15) is 20.7 Å². The zero-order valence-corrected chi connectivity index (χ0v) is 15.7. The van der Waals surface area contributed by atoms with E-state index in [1.807, 2.05) is 30.3 Å². The van der Waals surface area contributed by atoms with Crippen LogP contribution in [0.25, 0.3) is 0 Å². The Hall–Kier alpha value is -3.94. The summed E-state index contributed by atoms with van der Waals surface area (Å²) in [6.45, 7) is 0.451. The van der Waals surface area contributed by atoms with Gasteiger partial charge in [0.2, 0.25) is 0 Å². The Balaban J connectivity index is 1.55. The molecule has 3 aromatic rings. The lowest BCUT2D eigenvalue weighted by Gasteiger charge is -2.13. The van der Waals surface area contributed by atoms with Crippen LogP contribution in [0.2, 0.25) is 0 Å². The number of hydrogen-bond donors (Lipinski definition) is 2. The summed E-state index contributed by atoms with van der Waals surface area (Å²) in [5.74, 6) is -2.45. The van der Waals surface area contributed by atoms with Gasteiger partial charge in [-0.2, -0.15) is 0 Å². The van der Waals surface area contributed by atoms with Crippen molar-refractivity contribution in [3.63, 3.8) is 0 Å². The lowest BCUT2D eigenvalue weighted by molar-refractivity contribution is 0.0841. The minimum atomic E-state index is -1.04. The van der Waals surface area contributed by atoms with Crippen LogP contribution >= 0.6 is 0 Å². The molecular weight excluding hydrogens is 394 g/mol. The molecule has 0 spiro atoms. The molecule has 0 saturated carbocycles. The third-order valence-corrected chi connectivity index (χ3v) is 3.95. The van der Waals surface area contributed by atoms with E-state index in [-0.39, 0.29) is 24.5 Å². The quantitative estimate of drug-likeness (QED) is 0.460. The van der Waals surface area contributed by atoms with Crippen molar-refractivity contribution in [3.05, 3.63) is 95.6 Å². The van der Waals surface area contributed by atoms with Gasteiger partial charge in [-0.1, -0.05) is 30.3 Å². The summed E-state index contributed by atoms with van der Waals surface area (Å²) in [7, 11) is 0. The molecule has 0 aromatic heterocycles. The van der Waals surface area contributed by atoms with Gasteiger partial charge in [-0.05, 0) is 36.4 Å². The van der Waals surface area contributed by atoms with Crippen LogP contribution in [0.4, 0.5) is 8.78 Å². The van der Waals surface area contributed by atoms with E-state index in [1.54, 1.807) is 18.2 Å². The van der Waals surface area contributed by atoms with E-state index < -0.39 is 29.0 Å². The third-order valence-electron chi connectivity index (χ3n) is 3.95. The second kappa shape index (κ2) is 10.0. The number of halogens is 2. The second-order valence-corrected chi connectivity index (χ2v) is 6.04. The summed E-state index contributed by atoms with van der Waals surface area (Å²) in [6.07, 6.45) is 0. The Kier molecular flexibility index (Phi) is 6.94. The summed E-state index contributed by atoms with van der Waals surface area (Å²) >= 11 is 0. The van der Waals surface area contributed by atoms with E-state index in [2.05, 4.69) is 10.9 Å². The number of ether oxygens (including phenoxy) is 2. The summed E-state index contributed by atoms with van der Waals surface area (Å²) in [5.41, 5.74) is 4.04.